The van der Waals surface area contributed by atoms with Crippen LogP contribution in [0.25, 0.3) is 0 Å². The first kappa shape index (κ1) is 16.8. The van der Waals surface area contributed by atoms with Gasteiger partial charge in [-0.25, -0.2) is 0 Å². The van der Waals surface area contributed by atoms with Gasteiger partial charge in [-0.05, 0) is 30.7 Å². The zero-order valence-corrected chi connectivity index (χ0v) is 14.5. The minimum absolute atomic E-state index is 0.145. The second-order valence-electron chi connectivity index (χ2n) is 5.59. The molecule has 2 aromatic carbocycles. The maximum Gasteiger partial charge on any atom is 0.233 e. The van der Waals surface area contributed by atoms with E-state index in [-0.39, 0.29) is 12.0 Å². The van der Waals surface area contributed by atoms with Crippen molar-refractivity contribution in [1.82, 2.24) is 5.32 Å². The Hall–Kier alpha value is -2.04. The molecule has 0 aromatic heterocycles. The molecule has 1 heterocycles. The topological polar surface area (TPSA) is 50.7 Å². The Morgan fingerprint density at radius 2 is 1.88 bits per heavy atom. The third-order valence-electron chi connectivity index (χ3n) is 3.89. The zero-order valence-electron chi connectivity index (χ0n) is 13.0. The molecule has 1 N–H and O–H groups in total. The summed E-state index contributed by atoms with van der Waals surface area (Å²) in [5.74, 6) is -0.647. The van der Waals surface area contributed by atoms with Gasteiger partial charge in [0.2, 0.25) is 5.91 Å². The average molecular weight is 363 g/mol. The molecule has 2 atom stereocenters. The van der Waals surface area contributed by atoms with Crippen LogP contribution < -0.4 is 5.32 Å². The Morgan fingerprint density at radius 3 is 2.58 bits per heavy atom. The Bertz CT molecular complexity index is 775. The van der Waals surface area contributed by atoms with Crippen molar-refractivity contribution in [2.45, 2.75) is 19.6 Å². The molecule has 1 amide bonds. The fraction of sp³-hybridized carbons (Fsp3) is 0.222. The minimum atomic E-state index is -0.503. The summed E-state index contributed by atoms with van der Waals surface area (Å²) in [7, 11) is 0. The Labute approximate surface area is 150 Å². The molecule has 3 rings (SSSR count). The van der Waals surface area contributed by atoms with Crippen molar-refractivity contribution in [1.29, 1.82) is 0 Å². The van der Waals surface area contributed by atoms with E-state index in [1.54, 1.807) is 18.2 Å². The highest BCUT2D eigenvalue weighted by Gasteiger charge is 2.38. The lowest BCUT2D eigenvalue weighted by molar-refractivity contribution is -0.125. The van der Waals surface area contributed by atoms with Crippen LogP contribution in [0.1, 0.15) is 18.1 Å². The normalized spacial score (nSPS) is 19.5. The molecule has 6 heteroatoms. The molecule has 2 aromatic rings. The van der Waals surface area contributed by atoms with Gasteiger partial charge in [-0.15, -0.1) is 0 Å². The molecule has 0 fully saturated rings. The van der Waals surface area contributed by atoms with Crippen LogP contribution in [-0.4, -0.2) is 17.7 Å². The van der Waals surface area contributed by atoms with Crippen LogP contribution in [-0.2, 0) is 16.2 Å². The van der Waals surface area contributed by atoms with Crippen LogP contribution in [0.2, 0.25) is 10.0 Å². The first-order chi connectivity index (χ1) is 11.6. The van der Waals surface area contributed by atoms with Gasteiger partial charge in [0.1, 0.15) is 17.7 Å². The van der Waals surface area contributed by atoms with E-state index in [1.165, 1.54) is 0 Å². The lowest BCUT2D eigenvalue weighted by atomic mass is 9.92. The number of halogens is 2. The van der Waals surface area contributed by atoms with Crippen LogP contribution in [0.3, 0.4) is 0 Å². The number of rotatable bonds is 4. The van der Waals surface area contributed by atoms with E-state index in [2.05, 4.69) is 10.5 Å². The van der Waals surface area contributed by atoms with Crippen molar-refractivity contribution in [3.63, 3.8) is 0 Å². The number of benzene rings is 2. The summed E-state index contributed by atoms with van der Waals surface area (Å²) in [6, 6.07) is 14.6. The molecular weight excluding hydrogens is 347 g/mol. The molecule has 0 bridgehead atoms. The van der Waals surface area contributed by atoms with Gasteiger partial charge >= 0.3 is 0 Å². The maximum atomic E-state index is 12.6. The molecule has 124 valence electrons. The van der Waals surface area contributed by atoms with Crippen molar-refractivity contribution in [3.8, 4) is 0 Å². The molecule has 0 saturated carbocycles. The molecule has 0 spiro atoms. The number of hydrogen-bond donors (Lipinski definition) is 1. The molecule has 0 saturated heterocycles. The molecule has 1 aliphatic heterocycles. The predicted molar refractivity (Wildman–Crippen MR) is 95.3 cm³/mol. The summed E-state index contributed by atoms with van der Waals surface area (Å²) in [5, 5.41) is 8.20. The standard InChI is InChI=1S/C18H16Cl2N2O2/c1-11-16(17(22-24-11)14-4-2-3-5-15(14)20)18(23)21-10-12-6-8-13(19)9-7-12/h2-9,11,16H,10H2,1H3,(H,21,23). The van der Waals surface area contributed by atoms with E-state index in [1.807, 2.05) is 37.3 Å². The minimum Gasteiger partial charge on any atom is -0.391 e. The molecule has 24 heavy (non-hydrogen) atoms. The lowest BCUT2D eigenvalue weighted by Crippen LogP contribution is -2.39. The second kappa shape index (κ2) is 7.24. The first-order valence-electron chi connectivity index (χ1n) is 7.57. The second-order valence-corrected chi connectivity index (χ2v) is 6.43. The fourth-order valence-corrected chi connectivity index (χ4v) is 2.96. The van der Waals surface area contributed by atoms with Gasteiger partial charge in [-0.2, -0.15) is 0 Å². The summed E-state index contributed by atoms with van der Waals surface area (Å²) in [6.45, 7) is 2.23. The SMILES string of the molecule is CC1ON=C(c2ccccc2Cl)C1C(=O)NCc1ccc(Cl)cc1. The Kier molecular flexibility index (Phi) is 5.07. The predicted octanol–water partition coefficient (Wildman–Crippen LogP) is 4.05. The average Bonchev–Trinajstić information content (AvgIpc) is 2.96. The molecule has 1 aliphatic rings. The van der Waals surface area contributed by atoms with Crippen molar-refractivity contribution in [2.24, 2.45) is 11.1 Å². The Morgan fingerprint density at radius 1 is 1.17 bits per heavy atom. The van der Waals surface area contributed by atoms with E-state index in [4.69, 9.17) is 28.0 Å². The van der Waals surface area contributed by atoms with Crippen LogP contribution in [0.4, 0.5) is 0 Å². The number of oxime groups is 1. The molecule has 0 aliphatic carbocycles. The van der Waals surface area contributed by atoms with Crippen LogP contribution in [0.15, 0.2) is 53.7 Å². The Balaban J connectivity index is 1.74. The van der Waals surface area contributed by atoms with Crippen LogP contribution in [0, 0.1) is 5.92 Å². The van der Waals surface area contributed by atoms with Crippen LogP contribution >= 0.6 is 23.2 Å². The van der Waals surface area contributed by atoms with Gasteiger partial charge in [-0.3, -0.25) is 4.79 Å². The van der Waals surface area contributed by atoms with E-state index >= 15 is 0 Å². The first-order valence-corrected chi connectivity index (χ1v) is 8.32. The van der Waals surface area contributed by atoms with E-state index in [0.29, 0.717) is 22.3 Å². The lowest BCUT2D eigenvalue weighted by Gasteiger charge is -2.16. The monoisotopic (exact) mass is 362 g/mol. The summed E-state index contributed by atoms with van der Waals surface area (Å²) in [4.78, 5) is 18.0. The zero-order chi connectivity index (χ0) is 17.1. The largest absolute Gasteiger partial charge is 0.391 e. The van der Waals surface area contributed by atoms with Gasteiger partial charge in [0.25, 0.3) is 0 Å². The van der Waals surface area contributed by atoms with Crippen molar-refractivity contribution < 1.29 is 9.63 Å². The highest BCUT2D eigenvalue weighted by molar-refractivity contribution is 6.35. The number of carbonyl (C=O) groups excluding carboxylic acids is 1. The van der Waals surface area contributed by atoms with Gasteiger partial charge in [0.15, 0.2) is 0 Å². The molecule has 0 radical (unpaired) electrons. The van der Waals surface area contributed by atoms with Gasteiger partial charge < -0.3 is 10.2 Å². The van der Waals surface area contributed by atoms with Crippen molar-refractivity contribution >= 4 is 34.8 Å². The number of nitrogens with one attached hydrogen (secondary N) is 1. The smallest absolute Gasteiger partial charge is 0.233 e. The number of amides is 1. The van der Waals surface area contributed by atoms with Crippen molar-refractivity contribution in [2.75, 3.05) is 0 Å². The molecular formula is C18H16Cl2N2O2. The highest BCUT2D eigenvalue weighted by Crippen LogP contribution is 2.27. The highest BCUT2D eigenvalue weighted by atomic mass is 35.5. The third-order valence-corrected chi connectivity index (χ3v) is 4.48. The number of hydrogen-bond acceptors (Lipinski definition) is 3. The van der Waals surface area contributed by atoms with Crippen LogP contribution in [0.5, 0.6) is 0 Å². The summed E-state index contributed by atoms with van der Waals surface area (Å²) < 4.78 is 0. The number of carbonyl (C=O) groups is 1. The fourth-order valence-electron chi connectivity index (χ4n) is 2.60. The summed E-state index contributed by atoms with van der Waals surface area (Å²) >= 11 is 12.1. The quantitative estimate of drug-likeness (QED) is 0.891. The van der Waals surface area contributed by atoms with Gasteiger partial charge in [-0.1, -0.05) is 58.7 Å². The molecule has 2 unspecified atom stereocenters. The maximum absolute atomic E-state index is 12.6. The van der Waals surface area contributed by atoms with Gasteiger partial charge in [0.05, 0.1) is 0 Å². The number of nitrogens with zero attached hydrogens (tertiary/aromatic N) is 1. The van der Waals surface area contributed by atoms with E-state index in [0.717, 1.165) is 11.1 Å². The van der Waals surface area contributed by atoms with Crippen molar-refractivity contribution in [3.05, 3.63) is 69.7 Å². The summed E-state index contributed by atoms with van der Waals surface area (Å²) in [6.07, 6.45) is -0.346. The van der Waals surface area contributed by atoms with E-state index in [9.17, 15) is 4.79 Å². The molecule has 4 nitrogen and oxygen atoms in total. The van der Waals surface area contributed by atoms with Gasteiger partial charge in [0, 0.05) is 22.2 Å². The third kappa shape index (κ3) is 3.55. The van der Waals surface area contributed by atoms with E-state index < -0.39 is 5.92 Å². The summed E-state index contributed by atoms with van der Waals surface area (Å²) in [5.41, 5.74) is 2.24.